The summed E-state index contributed by atoms with van der Waals surface area (Å²) in [4.78, 5) is 19.6. The van der Waals surface area contributed by atoms with E-state index in [-0.39, 0.29) is 29.3 Å². The number of benzene rings is 2. The number of phenolic OH excluding ortho intramolecular Hbond substituents is 1. The number of hydrogen-bond donors (Lipinski definition) is 3. The van der Waals surface area contributed by atoms with Gasteiger partial charge in [0.15, 0.2) is 11.5 Å². The first kappa shape index (κ1) is 26.7. The Hall–Kier alpha value is -3.23. The Labute approximate surface area is 241 Å². The topological polar surface area (TPSA) is 96.0 Å². The number of rotatable bonds is 6. The van der Waals surface area contributed by atoms with Crippen molar-refractivity contribution in [2.75, 3.05) is 20.7 Å². The summed E-state index contributed by atoms with van der Waals surface area (Å²) in [6.07, 6.45) is 6.05. The third-order valence-corrected chi connectivity index (χ3v) is 10.1. The van der Waals surface area contributed by atoms with E-state index < -0.39 is 11.6 Å². The van der Waals surface area contributed by atoms with E-state index in [1.165, 1.54) is 5.56 Å². The number of nitrogens with zero attached hydrogens (tertiary/aromatic N) is 1. The van der Waals surface area contributed by atoms with Crippen LogP contribution in [0.5, 0.6) is 17.2 Å². The second-order valence-corrected chi connectivity index (χ2v) is 13.5. The third-order valence-electron chi connectivity index (χ3n) is 10.1. The largest absolute Gasteiger partial charge is 0.504 e. The van der Waals surface area contributed by atoms with Gasteiger partial charge in [0.1, 0.15) is 23.5 Å². The van der Waals surface area contributed by atoms with E-state index in [2.05, 4.69) is 34.4 Å². The van der Waals surface area contributed by atoms with Crippen LogP contribution >= 0.6 is 0 Å². The molecule has 7 rings (SSSR count). The number of likely N-dealkylation sites (tertiary alicyclic amines) is 1. The maximum atomic E-state index is 13.7. The monoisotopic (exact) mass is 559 g/mol. The molecule has 1 spiro atoms. The molecule has 2 bridgehead atoms. The highest BCUT2D eigenvalue weighted by Gasteiger charge is 2.66. The molecule has 218 valence electrons. The molecule has 2 fully saturated rings. The summed E-state index contributed by atoms with van der Waals surface area (Å²) in [6, 6.07) is 9.65. The Morgan fingerprint density at radius 1 is 1.29 bits per heavy atom. The van der Waals surface area contributed by atoms with Gasteiger partial charge in [0, 0.05) is 58.2 Å². The van der Waals surface area contributed by atoms with Crippen molar-refractivity contribution in [3.05, 3.63) is 53.2 Å². The molecule has 3 heterocycles. The van der Waals surface area contributed by atoms with Gasteiger partial charge in [0.25, 0.3) is 0 Å². The molecule has 8 heteroatoms. The molecular formula is C33H41N3O5. The number of piperidine rings is 1. The number of methoxy groups -OCH3 is 1. The lowest BCUT2D eigenvalue weighted by Gasteiger charge is -2.59. The van der Waals surface area contributed by atoms with Gasteiger partial charge in [-0.05, 0) is 77.6 Å². The van der Waals surface area contributed by atoms with Crippen molar-refractivity contribution >= 4 is 16.9 Å². The lowest BCUT2D eigenvalue weighted by molar-refractivity contribution is -0.158. The zero-order valence-electron chi connectivity index (χ0n) is 24.6. The van der Waals surface area contributed by atoms with E-state index in [9.17, 15) is 9.90 Å². The number of aromatic amines is 1. The molecule has 41 heavy (non-hydrogen) atoms. The molecule has 3 aromatic rings. The molecule has 2 aliphatic heterocycles. The number of para-hydroxylation sites is 1. The first-order valence-corrected chi connectivity index (χ1v) is 14.9. The van der Waals surface area contributed by atoms with E-state index >= 15 is 0 Å². The number of likely N-dealkylation sites (N-methyl/N-ethyl adjacent to an activating group) is 1. The minimum Gasteiger partial charge on any atom is -0.504 e. The third kappa shape index (κ3) is 4.05. The van der Waals surface area contributed by atoms with Crippen molar-refractivity contribution in [1.29, 1.82) is 0 Å². The van der Waals surface area contributed by atoms with Gasteiger partial charge < -0.3 is 29.2 Å². The highest BCUT2D eigenvalue weighted by molar-refractivity contribution is 5.84. The Kier molecular flexibility index (Phi) is 6.11. The lowest BCUT2D eigenvalue weighted by atomic mass is 9.51. The van der Waals surface area contributed by atoms with Crippen LogP contribution in [-0.2, 0) is 27.8 Å². The quantitative estimate of drug-likeness (QED) is 0.384. The number of aromatic hydroxyl groups is 1. The van der Waals surface area contributed by atoms with E-state index in [1.54, 1.807) is 13.2 Å². The second kappa shape index (κ2) is 9.39. The van der Waals surface area contributed by atoms with E-state index in [0.717, 1.165) is 60.0 Å². The van der Waals surface area contributed by atoms with Crippen molar-refractivity contribution in [3.63, 3.8) is 0 Å². The van der Waals surface area contributed by atoms with Crippen LogP contribution < -0.4 is 14.8 Å². The van der Waals surface area contributed by atoms with Crippen LogP contribution in [0.1, 0.15) is 56.7 Å². The first-order valence-electron chi connectivity index (χ1n) is 14.9. The maximum Gasteiger partial charge on any atom is 0.324 e. The predicted molar refractivity (Wildman–Crippen MR) is 157 cm³/mol. The standard InChI is InChI=1S/C33H41N3O5/c1-32(2,3)41-31(38)24(14-18-17-34-22-9-7-6-8-19(18)22)35-23-11-10-21-25-15-20-27(39-5)16-26(37)29-28(20)33(21,30(23)40-29)12-13-36(25)4/h6-9,16-17,21,23-25,30,34-35,37H,10-15H2,1-5H3/t21-,23+,24-,25+,30-,33-/m0/s1. The Bertz CT molecular complexity index is 1510. The molecular weight excluding hydrogens is 518 g/mol. The van der Waals surface area contributed by atoms with Gasteiger partial charge in [-0.25, -0.2) is 0 Å². The van der Waals surface area contributed by atoms with Gasteiger partial charge in [0.2, 0.25) is 0 Å². The van der Waals surface area contributed by atoms with E-state index in [4.69, 9.17) is 14.2 Å². The Balaban J connectivity index is 1.27. The number of esters is 1. The van der Waals surface area contributed by atoms with Crippen LogP contribution in [0.4, 0.5) is 0 Å². The molecule has 6 atom stereocenters. The van der Waals surface area contributed by atoms with Crippen molar-refractivity contribution in [2.24, 2.45) is 5.92 Å². The molecule has 0 unspecified atom stereocenters. The number of carbonyl (C=O) groups is 1. The highest BCUT2D eigenvalue weighted by atomic mass is 16.6. The number of H-pyrrole nitrogens is 1. The fraction of sp³-hybridized carbons (Fsp3) is 0.545. The minimum absolute atomic E-state index is 0.0817. The zero-order chi connectivity index (χ0) is 28.7. The molecule has 1 aromatic heterocycles. The number of phenols is 1. The molecule has 2 aromatic carbocycles. The molecule has 0 amide bonds. The summed E-state index contributed by atoms with van der Waals surface area (Å²) in [5.41, 5.74) is 3.60. The Morgan fingerprint density at radius 2 is 2.10 bits per heavy atom. The molecule has 2 aliphatic carbocycles. The van der Waals surface area contributed by atoms with Crippen molar-refractivity contribution in [2.45, 2.75) is 88.1 Å². The van der Waals surface area contributed by atoms with Crippen molar-refractivity contribution in [3.8, 4) is 17.2 Å². The molecule has 0 radical (unpaired) electrons. The lowest BCUT2D eigenvalue weighted by Crippen LogP contribution is -2.69. The summed E-state index contributed by atoms with van der Waals surface area (Å²) in [6.45, 7) is 6.70. The average molecular weight is 560 g/mol. The summed E-state index contributed by atoms with van der Waals surface area (Å²) in [5.74, 6) is 1.65. The van der Waals surface area contributed by atoms with Crippen LogP contribution in [0.3, 0.4) is 0 Å². The second-order valence-electron chi connectivity index (χ2n) is 13.5. The van der Waals surface area contributed by atoms with Gasteiger partial charge in [-0.15, -0.1) is 0 Å². The van der Waals surface area contributed by atoms with Gasteiger partial charge in [-0.3, -0.25) is 10.1 Å². The summed E-state index contributed by atoms with van der Waals surface area (Å²) in [5, 5.41) is 16.0. The van der Waals surface area contributed by atoms with Crippen LogP contribution in [0, 0.1) is 5.92 Å². The van der Waals surface area contributed by atoms with Crippen molar-refractivity contribution < 1.29 is 24.1 Å². The highest BCUT2D eigenvalue weighted by Crippen LogP contribution is 2.65. The molecule has 8 nitrogen and oxygen atoms in total. The number of carbonyl (C=O) groups excluding carboxylic acids is 1. The van der Waals surface area contributed by atoms with Crippen LogP contribution in [-0.4, -0.2) is 71.5 Å². The number of hydrogen-bond acceptors (Lipinski definition) is 7. The fourth-order valence-electron chi connectivity index (χ4n) is 8.50. The zero-order valence-corrected chi connectivity index (χ0v) is 24.6. The van der Waals surface area contributed by atoms with Gasteiger partial charge in [-0.1, -0.05) is 18.2 Å². The molecule has 3 N–H and O–H groups in total. The molecule has 1 saturated heterocycles. The molecule has 1 saturated carbocycles. The SMILES string of the molecule is COc1cc(O)c2c3c1C[C@@H]1[C@@H]4CC[C@@H](N[C@@H](Cc5c[nH]c6ccccc56)C(=O)OC(C)(C)C)[C@H](O2)[C@]34CCN1C. The number of aromatic nitrogens is 1. The van der Waals surface area contributed by atoms with Gasteiger partial charge >= 0.3 is 5.97 Å². The van der Waals surface area contributed by atoms with Crippen LogP contribution in [0.25, 0.3) is 10.9 Å². The Morgan fingerprint density at radius 3 is 2.88 bits per heavy atom. The maximum absolute atomic E-state index is 13.7. The summed E-state index contributed by atoms with van der Waals surface area (Å²) < 4.78 is 18.5. The smallest absolute Gasteiger partial charge is 0.324 e. The van der Waals surface area contributed by atoms with E-state index in [1.807, 2.05) is 39.1 Å². The number of fused-ring (bicyclic) bond motifs is 1. The average Bonchev–Trinajstić information content (AvgIpc) is 3.50. The number of nitrogens with one attached hydrogen (secondary N) is 2. The normalized spacial score (nSPS) is 29.1. The summed E-state index contributed by atoms with van der Waals surface area (Å²) >= 11 is 0. The predicted octanol–water partition coefficient (Wildman–Crippen LogP) is 4.46. The van der Waals surface area contributed by atoms with Gasteiger partial charge in [0.05, 0.1) is 7.11 Å². The van der Waals surface area contributed by atoms with Crippen molar-refractivity contribution in [1.82, 2.24) is 15.2 Å². The molecule has 4 aliphatic rings. The fourth-order valence-corrected chi connectivity index (χ4v) is 8.50. The van der Waals surface area contributed by atoms with E-state index in [0.29, 0.717) is 24.1 Å². The first-order chi connectivity index (χ1) is 19.6. The summed E-state index contributed by atoms with van der Waals surface area (Å²) in [7, 11) is 3.90. The van der Waals surface area contributed by atoms with Crippen LogP contribution in [0.15, 0.2) is 36.5 Å². The van der Waals surface area contributed by atoms with Gasteiger partial charge in [-0.2, -0.15) is 0 Å². The van der Waals surface area contributed by atoms with Crippen LogP contribution in [0.2, 0.25) is 0 Å². The minimum atomic E-state index is -0.602. The number of ether oxygens (including phenoxy) is 3.